The fraction of sp³-hybridized carbons (Fsp3) is 0.409. The third-order valence-corrected chi connectivity index (χ3v) is 5.30. The van der Waals surface area contributed by atoms with Crippen molar-refractivity contribution in [2.24, 2.45) is 5.92 Å². The zero-order valence-electron chi connectivity index (χ0n) is 16.5. The predicted octanol–water partition coefficient (Wildman–Crippen LogP) is 3.99. The molecule has 1 aliphatic heterocycles. The third kappa shape index (κ3) is 4.63. The van der Waals surface area contributed by atoms with Crippen LogP contribution < -0.4 is 9.64 Å². The van der Waals surface area contributed by atoms with E-state index in [1.165, 1.54) is 11.1 Å². The summed E-state index contributed by atoms with van der Waals surface area (Å²) >= 11 is 0. The number of carbonyl (C=O) groups is 1. The van der Waals surface area contributed by atoms with E-state index in [0.29, 0.717) is 6.54 Å². The molecule has 1 heterocycles. The number of halogens is 1. The number of anilines is 1. The Morgan fingerprint density at radius 2 is 1.78 bits per heavy atom. The number of fused-ring (bicyclic) bond motifs is 1. The molecule has 0 radical (unpaired) electrons. The number of para-hydroxylation sites is 1. The number of ether oxygens (including phenoxy) is 1. The Labute approximate surface area is 168 Å². The first-order chi connectivity index (χ1) is 12.5. The molecule has 146 valence electrons. The Kier molecular flexibility index (Phi) is 7.28. The average Bonchev–Trinajstić information content (AvgIpc) is 2.76. The minimum absolute atomic E-state index is 0. The van der Waals surface area contributed by atoms with Crippen LogP contribution in [0.3, 0.4) is 0 Å². The first-order valence-electron chi connectivity index (χ1n) is 9.19. The monoisotopic (exact) mass is 388 g/mol. The molecule has 2 atom stereocenters. The van der Waals surface area contributed by atoms with Gasteiger partial charge in [0.05, 0.1) is 7.11 Å². The highest BCUT2D eigenvalue weighted by molar-refractivity contribution is 5.97. The second-order valence-corrected chi connectivity index (χ2v) is 7.29. The second kappa shape index (κ2) is 9.25. The number of methoxy groups -OCH3 is 1. The van der Waals surface area contributed by atoms with Crippen molar-refractivity contribution in [1.82, 2.24) is 4.90 Å². The van der Waals surface area contributed by atoms with Crippen molar-refractivity contribution < 1.29 is 9.53 Å². The summed E-state index contributed by atoms with van der Waals surface area (Å²) in [5.41, 5.74) is 3.49. The number of rotatable bonds is 5. The Morgan fingerprint density at radius 3 is 2.41 bits per heavy atom. The van der Waals surface area contributed by atoms with Crippen molar-refractivity contribution in [3.63, 3.8) is 0 Å². The maximum atomic E-state index is 13.3. The number of benzene rings is 2. The van der Waals surface area contributed by atoms with Gasteiger partial charge in [0.25, 0.3) is 0 Å². The number of nitrogens with zero attached hydrogens (tertiary/aromatic N) is 2. The zero-order valence-corrected chi connectivity index (χ0v) is 17.3. The van der Waals surface area contributed by atoms with Crippen molar-refractivity contribution in [2.75, 3.05) is 39.2 Å². The summed E-state index contributed by atoms with van der Waals surface area (Å²) < 4.78 is 5.28. The van der Waals surface area contributed by atoms with Gasteiger partial charge < -0.3 is 14.5 Å². The smallest absolute Gasteiger partial charge is 0.230 e. The molecule has 0 bridgehead atoms. The molecule has 1 aliphatic rings. The normalized spacial score (nSPS) is 19.3. The minimum Gasteiger partial charge on any atom is -0.497 e. The van der Waals surface area contributed by atoms with Gasteiger partial charge in [-0.25, -0.2) is 0 Å². The van der Waals surface area contributed by atoms with Crippen molar-refractivity contribution in [3.05, 3.63) is 59.7 Å². The lowest BCUT2D eigenvalue weighted by Crippen LogP contribution is -2.40. The zero-order chi connectivity index (χ0) is 18.7. The van der Waals surface area contributed by atoms with E-state index in [1.54, 1.807) is 7.11 Å². The van der Waals surface area contributed by atoms with Crippen LogP contribution in [0.2, 0.25) is 0 Å². The SMILES string of the molecule is COc1ccc([C@@H]2Cc3ccccc3N(CCN(C)C)C(=O)[C@@H]2C)cc1.Cl. The Hall–Kier alpha value is -2.04. The molecular weight excluding hydrogens is 360 g/mol. The average molecular weight is 389 g/mol. The molecule has 0 unspecified atom stereocenters. The lowest BCUT2D eigenvalue weighted by molar-refractivity contribution is -0.122. The van der Waals surface area contributed by atoms with E-state index in [0.717, 1.165) is 24.4 Å². The summed E-state index contributed by atoms with van der Waals surface area (Å²) in [4.78, 5) is 17.4. The molecule has 0 aromatic heterocycles. The molecule has 1 amide bonds. The molecule has 2 aromatic rings. The van der Waals surface area contributed by atoms with Gasteiger partial charge in [0.1, 0.15) is 5.75 Å². The number of amides is 1. The molecular formula is C22H29ClN2O2. The molecule has 5 heteroatoms. The van der Waals surface area contributed by atoms with Gasteiger partial charge in [-0.3, -0.25) is 4.79 Å². The summed E-state index contributed by atoms with van der Waals surface area (Å²) in [5, 5.41) is 0. The fourth-order valence-corrected chi connectivity index (χ4v) is 3.69. The van der Waals surface area contributed by atoms with E-state index < -0.39 is 0 Å². The number of hydrogen-bond donors (Lipinski definition) is 0. The van der Waals surface area contributed by atoms with Crippen LogP contribution in [0.5, 0.6) is 5.75 Å². The van der Waals surface area contributed by atoms with Gasteiger partial charge in [-0.2, -0.15) is 0 Å². The van der Waals surface area contributed by atoms with E-state index in [4.69, 9.17) is 4.74 Å². The maximum absolute atomic E-state index is 13.3. The molecule has 2 aromatic carbocycles. The van der Waals surface area contributed by atoms with Crippen LogP contribution in [0.1, 0.15) is 24.0 Å². The van der Waals surface area contributed by atoms with Crippen LogP contribution in [-0.2, 0) is 11.2 Å². The second-order valence-electron chi connectivity index (χ2n) is 7.29. The molecule has 3 rings (SSSR count). The molecule has 27 heavy (non-hydrogen) atoms. The Morgan fingerprint density at radius 1 is 1.11 bits per heavy atom. The predicted molar refractivity (Wildman–Crippen MR) is 113 cm³/mol. The summed E-state index contributed by atoms with van der Waals surface area (Å²) in [6.45, 7) is 3.62. The van der Waals surface area contributed by atoms with Crippen LogP contribution in [0.25, 0.3) is 0 Å². The summed E-state index contributed by atoms with van der Waals surface area (Å²) in [7, 11) is 5.75. The first kappa shape index (κ1) is 21.3. The van der Waals surface area contributed by atoms with Gasteiger partial charge in [-0.15, -0.1) is 12.4 Å². The van der Waals surface area contributed by atoms with E-state index in [1.807, 2.05) is 37.2 Å². The molecule has 0 saturated carbocycles. The molecule has 0 N–H and O–H groups in total. The highest BCUT2D eigenvalue weighted by Gasteiger charge is 2.34. The molecule has 0 saturated heterocycles. The minimum atomic E-state index is -0.0713. The highest BCUT2D eigenvalue weighted by Crippen LogP contribution is 2.38. The van der Waals surface area contributed by atoms with Crippen LogP contribution in [-0.4, -0.2) is 45.1 Å². The van der Waals surface area contributed by atoms with Crippen LogP contribution in [0.15, 0.2) is 48.5 Å². The molecule has 4 nitrogen and oxygen atoms in total. The number of carbonyl (C=O) groups excluding carboxylic acids is 1. The lowest BCUT2D eigenvalue weighted by Gasteiger charge is -2.27. The number of likely N-dealkylation sites (N-methyl/N-ethyl adjacent to an activating group) is 1. The maximum Gasteiger partial charge on any atom is 0.230 e. The highest BCUT2D eigenvalue weighted by atomic mass is 35.5. The largest absolute Gasteiger partial charge is 0.497 e. The summed E-state index contributed by atoms with van der Waals surface area (Å²) in [5.74, 6) is 1.14. The van der Waals surface area contributed by atoms with Crippen LogP contribution in [0, 0.1) is 5.92 Å². The molecule has 0 spiro atoms. The summed E-state index contributed by atoms with van der Waals surface area (Å²) in [6, 6.07) is 16.4. The number of hydrogen-bond acceptors (Lipinski definition) is 3. The standard InChI is InChI=1S/C22H28N2O2.ClH/c1-16-20(17-9-11-19(26-4)12-10-17)15-18-7-5-6-8-21(18)24(22(16)25)14-13-23(2)3;/h5-12,16,20H,13-15H2,1-4H3;1H/t16-,20-;/m1./s1. The van der Waals surface area contributed by atoms with Crippen LogP contribution in [0.4, 0.5) is 5.69 Å². The van der Waals surface area contributed by atoms with Crippen LogP contribution >= 0.6 is 12.4 Å². The van der Waals surface area contributed by atoms with Gasteiger partial charge in [-0.05, 0) is 55.8 Å². The lowest BCUT2D eigenvalue weighted by atomic mass is 9.83. The quantitative estimate of drug-likeness (QED) is 0.776. The first-order valence-corrected chi connectivity index (χ1v) is 9.19. The molecule has 0 fully saturated rings. The topological polar surface area (TPSA) is 32.8 Å². The van der Waals surface area contributed by atoms with E-state index in [9.17, 15) is 4.79 Å². The van der Waals surface area contributed by atoms with E-state index >= 15 is 0 Å². The van der Waals surface area contributed by atoms with E-state index in [2.05, 4.69) is 42.2 Å². The fourth-order valence-electron chi connectivity index (χ4n) is 3.69. The van der Waals surface area contributed by atoms with Gasteiger partial charge >= 0.3 is 0 Å². The van der Waals surface area contributed by atoms with Gasteiger partial charge in [0, 0.05) is 24.7 Å². The van der Waals surface area contributed by atoms with Crippen molar-refractivity contribution in [1.29, 1.82) is 0 Å². The Balaban J connectivity index is 0.00000261. The summed E-state index contributed by atoms with van der Waals surface area (Å²) in [6.07, 6.45) is 0.869. The third-order valence-electron chi connectivity index (χ3n) is 5.30. The van der Waals surface area contributed by atoms with Crippen molar-refractivity contribution in [2.45, 2.75) is 19.3 Å². The van der Waals surface area contributed by atoms with Gasteiger partial charge in [-0.1, -0.05) is 37.3 Å². The van der Waals surface area contributed by atoms with Gasteiger partial charge in [0.2, 0.25) is 5.91 Å². The Bertz CT molecular complexity index is 761. The van der Waals surface area contributed by atoms with Gasteiger partial charge in [0.15, 0.2) is 0 Å². The molecule has 0 aliphatic carbocycles. The van der Waals surface area contributed by atoms with Crippen molar-refractivity contribution >= 4 is 24.0 Å². The van der Waals surface area contributed by atoms with Crippen molar-refractivity contribution in [3.8, 4) is 5.75 Å². The van der Waals surface area contributed by atoms with E-state index in [-0.39, 0.29) is 30.2 Å².